The zero-order valence-electron chi connectivity index (χ0n) is 14.7. The van der Waals surface area contributed by atoms with Gasteiger partial charge in [0, 0.05) is 26.5 Å². The van der Waals surface area contributed by atoms with Crippen LogP contribution in [0.1, 0.15) is 21.7 Å². The summed E-state index contributed by atoms with van der Waals surface area (Å²) in [6, 6.07) is 18.3. The lowest BCUT2D eigenvalue weighted by Gasteiger charge is -2.02. The summed E-state index contributed by atoms with van der Waals surface area (Å²) < 4.78 is 1.31. The molecule has 0 aliphatic rings. The van der Waals surface area contributed by atoms with Gasteiger partial charge in [0.1, 0.15) is 0 Å². The van der Waals surface area contributed by atoms with E-state index >= 15 is 0 Å². The van der Waals surface area contributed by atoms with Crippen molar-refractivity contribution in [3.63, 3.8) is 0 Å². The zero-order valence-corrected chi connectivity index (χ0v) is 17.1. The molecule has 5 heteroatoms. The molecule has 2 aromatic heterocycles. The molecule has 2 nitrogen and oxygen atoms in total. The molecule has 0 aliphatic carbocycles. The van der Waals surface area contributed by atoms with Crippen molar-refractivity contribution in [3.8, 4) is 0 Å². The number of fused-ring (bicyclic) bond motifs is 1. The summed E-state index contributed by atoms with van der Waals surface area (Å²) in [6.07, 6.45) is 6.02. The number of hydrogen-bond donors (Lipinski definition) is 0. The van der Waals surface area contributed by atoms with Crippen LogP contribution in [0, 0.1) is 6.92 Å². The second kappa shape index (κ2) is 8.26. The van der Waals surface area contributed by atoms with Gasteiger partial charge in [-0.25, -0.2) is 9.97 Å². The molecular weight excluding hydrogens is 392 g/mol. The second-order valence-electron chi connectivity index (χ2n) is 6.10. The van der Waals surface area contributed by atoms with Gasteiger partial charge in [0.05, 0.1) is 5.69 Å². The number of aromatic nitrogens is 2. The van der Waals surface area contributed by atoms with Gasteiger partial charge in [-0.1, -0.05) is 53.7 Å². The van der Waals surface area contributed by atoms with Crippen molar-refractivity contribution in [2.24, 2.45) is 0 Å². The molecule has 0 fully saturated rings. The van der Waals surface area contributed by atoms with Crippen LogP contribution in [0.15, 0.2) is 66.0 Å². The predicted molar refractivity (Wildman–Crippen MR) is 119 cm³/mol. The fourth-order valence-electron chi connectivity index (χ4n) is 2.80. The third-order valence-electron chi connectivity index (χ3n) is 4.20. The maximum absolute atomic E-state index is 6.04. The summed E-state index contributed by atoms with van der Waals surface area (Å²) >= 11 is 9.47. The normalized spacial score (nSPS) is 11.5. The summed E-state index contributed by atoms with van der Waals surface area (Å²) in [5.74, 6) is 0.795. The molecule has 0 bridgehead atoms. The molecule has 0 N–H and O–H groups in total. The first-order valence-corrected chi connectivity index (χ1v) is 10.7. The molecular formula is C22H17ClN2S2. The Balaban J connectivity index is 1.50. The molecule has 0 spiro atoms. The summed E-state index contributed by atoms with van der Waals surface area (Å²) in [7, 11) is 0. The van der Waals surface area contributed by atoms with Crippen LogP contribution in [-0.2, 0) is 5.75 Å². The van der Waals surface area contributed by atoms with Gasteiger partial charge in [0.2, 0.25) is 0 Å². The molecule has 27 heavy (non-hydrogen) atoms. The monoisotopic (exact) mass is 408 g/mol. The van der Waals surface area contributed by atoms with Crippen LogP contribution in [0.4, 0.5) is 0 Å². The Labute approximate surface area is 172 Å². The largest absolute Gasteiger partial charge is 0.231 e. The Bertz CT molecular complexity index is 1120. The molecule has 4 aromatic rings. The van der Waals surface area contributed by atoms with E-state index in [1.54, 1.807) is 11.8 Å². The SMILES string of the molecule is Cc1c(C=Cc2ccnc(SCc3cccc(Cl)c3)n2)sc2ccccc12. The number of rotatable bonds is 5. The minimum atomic E-state index is 0.754. The lowest BCUT2D eigenvalue weighted by Crippen LogP contribution is -1.89. The van der Waals surface area contributed by atoms with E-state index in [9.17, 15) is 0 Å². The molecule has 0 atom stereocenters. The van der Waals surface area contributed by atoms with Crippen LogP contribution >= 0.6 is 34.7 Å². The van der Waals surface area contributed by atoms with Crippen LogP contribution in [-0.4, -0.2) is 9.97 Å². The number of thioether (sulfide) groups is 1. The van der Waals surface area contributed by atoms with Gasteiger partial charge >= 0.3 is 0 Å². The lowest BCUT2D eigenvalue weighted by atomic mass is 10.1. The molecule has 0 saturated carbocycles. The number of hydrogen-bond acceptors (Lipinski definition) is 4. The van der Waals surface area contributed by atoms with Gasteiger partial charge in [-0.05, 0) is 59.9 Å². The van der Waals surface area contributed by atoms with E-state index in [1.807, 2.05) is 41.8 Å². The average Bonchev–Trinajstić information content (AvgIpc) is 3.01. The van der Waals surface area contributed by atoms with Crippen molar-refractivity contribution in [2.75, 3.05) is 0 Å². The second-order valence-corrected chi connectivity index (χ2v) is 8.57. The highest BCUT2D eigenvalue weighted by molar-refractivity contribution is 7.98. The summed E-state index contributed by atoms with van der Waals surface area (Å²) in [4.78, 5) is 10.3. The van der Waals surface area contributed by atoms with E-state index < -0.39 is 0 Å². The number of nitrogens with zero attached hydrogens (tertiary/aromatic N) is 2. The van der Waals surface area contributed by atoms with Crippen LogP contribution in [0.3, 0.4) is 0 Å². The van der Waals surface area contributed by atoms with Crippen molar-refractivity contribution in [1.82, 2.24) is 9.97 Å². The summed E-state index contributed by atoms with van der Waals surface area (Å²) in [6.45, 7) is 2.17. The van der Waals surface area contributed by atoms with Gasteiger partial charge in [-0.3, -0.25) is 0 Å². The van der Waals surface area contributed by atoms with Crippen LogP contribution in [0.5, 0.6) is 0 Å². The van der Waals surface area contributed by atoms with E-state index in [1.165, 1.54) is 20.5 Å². The number of halogens is 1. The first-order valence-electron chi connectivity index (χ1n) is 8.55. The fourth-order valence-corrected chi connectivity index (χ4v) is 4.91. The van der Waals surface area contributed by atoms with Crippen LogP contribution < -0.4 is 0 Å². The smallest absolute Gasteiger partial charge is 0.188 e. The first kappa shape index (κ1) is 18.2. The zero-order chi connectivity index (χ0) is 18.6. The molecule has 134 valence electrons. The van der Waals surface area contributed by atoms with Crippen LogP contribution in [0.25, 0.3) is 22.2 Å². The third-order valence-corrected chi connectivity index (χ3v) is 6.60. The van der Waals surface area contributed by atoms with E-state index in [4.69, 9.17) is 11.6 Å². The summed E-state index contributed by atoms with van der Waals surface area (Å²) in [5.41, 5.74) is 3.39. The highest BCUT2D eigenvalue weighted by Gasteiger charge is 2.05. The van der Waals surface area contributed by atoms with Gasteiger partial charge in [0.15, 0.2) is 5.16 Å². The molecule has 0 aliphatic heterocycles. The molecule has 0 radical (unpaired) electrons. The maximum Gasteiger partial charge on any atom is 0.188 e. The fraction of sp³-hybridized carbons (Fsp3) is 0.0909. The van der Waals surface area contributed by atoms with Crippen LogP contribution in [0.2, 0.25) is 5.02 Å². The van der Waals surface area contributed by atoms with Crippen molar-refractivity contribution >= 4 is 56.9 Å². The Morgan fingerprint density at radius 2 is 1.96 bits per heavy atom. The highest BCUT2D eigenvalue weighted by atomic mass is 35.5. The van der Waals surface area contributed by atoms with Crippen molar-refractivity contribution in [2.45, 2.75) is 17.8 Å². The standard InChI is InChI=1S/C22H17ClN2S2/c1-15-19-7-2-3-8-21(19)27-20(15)10-9-18-11-12-24-22(25-18)26-14-16-5-4-6-17(23)13-16/h2-13H,14H2,1H3. The Hall–Kier alpha value is -2.14. The van der Waals surface area contributed by atoms with Gasteiger partial charge in [-0.2, -0.15) is 0 Å². The Kier molecular flexibility index (Phi) is 5.58. The predicted octanol–water partition coefficient (Wildman–Crippen LogP) is 7.12. The molecule has 4 rings (SSSR count). The van der Waals surface area contributed by atoms with E-state index in [0.29, 0.717) is 0 Å². The molecule has 0 amide bonds. The Morgan fingerprint density at radius 1 is 1.07 bits per heavy atom. The lowest BCUT2D eigenvalue weighted by molar-refractivity contribution is 0.957. The molecule has 2 heterocycles. The number of thiophene rings is 1. The van der Waals surface area contributed by atoms with Gasteiger partial charge in [-0.15, -0.1) is 11.3 Å². The third kappa shape index (κ3) is 4.41. The number of aryl methyl sites for hydroxylation is 1. The van der Waals surface area contributed by atoms with E-state index in [2.05, 4.69) is 59.4 Å². The maximum atomic E-state index is 6.04. The summed E-state index contributed by atoms with van der Waals surface area (Å²) in [5, 5.41) is 2.84. The van der Waals surface area contributed by atoms with E-state index in [0.717, 1.165) is 27.2 Å². The number of benzene rings is 2. The van der Waals surface area contributed by atoms with Crippen molar-refractivity contribution in [1.29, 1.82) is 0 Å². The molecule has 2 aromatic carbocycles. The quantitative estimate of drug-likeness (QED) is 0.260. The average molecular weight is 409 g/mol. The van der Waals surface area contributed by atoms with Gasteiger partial charge in [0.25, 0.3) is 0 Å². The van der Waals surface area contributed by atoms with Gasteiger partial charge < -0.3 is 0 Å². The van der Waals surface area contributed by atoms with Crippen molar-refractivity contribution < 1.29 is 0 Å². The van der Waals surface area contributed by atoms with Crippen molar-refractivity contribution in [3.05, 3.63) is 87.5 Å². The Morgan fingerprint density at radius 3 is 2.81 bits per heavy atom. The topological polar surface area (TPSA) is 25.8 Å². The molecule has 0 unspecified atom stereocenters. The first-order chi connectivity index (χ1) is 13.2. The highest BCUT2D eigenvalue weighted by Crippen LogP contribution is 2.31. The minimum absolute atomic E-state index is 0.754. The van der Waals surface area contributed by atoms with E-state index in [-0.39, 0.29) is 0 Å². The molecule has 0 saturated heterocycles. The minimum Gasteiger partial charge on any atom is -0.231 e.